The number of rotatable bonds is 7. The van der Waals surface area contributed by atoms with E-state index in [0.717, 1.165) is 0 Å². The largest absolute Gasteiger partial charge is 0.480 e. The summed E-state index contributed by atoms with van der Waals surface area (Å²) in [7, 11) is -3.92. The predicted octanol–water partition coefficient (Wildman–Crippen LogP) is 1.06. The first-order valence-electron chi connectivity index (χ1n) is 5.72. The Balaban J connectivity index is 2.95. The van der Waals surface area contributed by atoms with E-state index in [2.05, 4.69) is 11.3 Å². The van der Waals surface area contributed by atoms with Crippen molar-refractivity contribution in [2.45, 2.75) is 23.8 Å². The Morgan fingerprint density at radius 3 is 2.50 bits per heavy atom. The molecule has 0 spiro atoms. The third-order valence-electron chi connectivity index (χ3n) is 2.51. The number of sulfonamides is 1. The molecule has 1 unspecified atom stereocenters. The van der Waals surface area contributed by atoms with Crippen LogP contribution in [0.1, 0.15) is 12.0 Å². The molecule has 0 fully saturated rings. The normalized spacial score (nSPS) is 12.3. The van der Waals surface area contributed by atoms with E-state index in [0.29, 0.717) is 5.56 Å². The molecule has 106 valence electrons. The zero-order valence-electron chi connectivity index (χ0n) is 10.6. The Bertz CT molecular complexity index is 629. The highest BCUT2D eigenvalue weighted by Crippen LogP contribution is 2.12. The summed E-state index contributed by atoms with van der Waals surface area (Å²) >= 11 is 0. The smallest absolute Gasteiger partial charge is 0.322 e. The van der Waals surface area contributed by atoms with E-state index >= 15 is 0 Å². The van der Waals surface area contributed by atoms with Crippen LogP contribution in [-0.4, -0.2) is 25.5 Å². The highest BCUT2D eigenvalue weighted by atomic mass is 32.2. The average molecular weight is 294 g/mol. The van der Waals surface area contributed by atoms with Gasteiger partial charge in [0.1, 0.15) is 6.04 Å². The van der Waals surface area contributed by atoms with Crippen LogP contribution in [-0.2, 0) is 21.2 Å². The molecular weight excluding hydrogens is 280 g/mol. The molecule has 0 saturated carbocycles. The van der Waals surface area contributed by atoms with Gasteiger partial charge < -0.3 is 5.11 Å². The number of nitrogens with zero attached hydrogens (tertiary/aromatic N) is 1. The van der Waals surface area contributed by atoms with E-state index in [1.807, 2.05) is 6.07 Å². The highest BCUT2D eigenvalue weighted by Gasteiger charge is 2.24. The molecule has 0 aliphatic rings. The van der Waals surface area contributed by atoms with Crippen molar-refractivity contribution >= 4 is 16.0 Å². The lowest BCUT2D eigenvalue weighted by atomic mass is 10.2. The van der Waals surface area contributed by atoms with Gasteiger partial charge in [-0.3, -0.25) is 4.79 Å². The average Bonchev–Trinajstić information content (AvgIpc) is 2.39. The van der Waals surface area contributed by atoms with Gasteiger partial charge in [0.05, 0.1) is 17.4 Å². The summed E-state index contributed by atoms with van der Waals surface area (Å²) in [4.78, 5) is 10.9. The standard InChI is InChI=1S/C13H14N2O4S/c1-2-3-12(13(16)17)15-20(18,19)11-6-4-10(5-7-11)8-9-14/h2,4-7,12,15H,1,3,8H2,(H,16,17). The fourth-order valence-electron chi connectivity index (χ4n) is 1.50. The van der Waals surface area contributed by atoms with Crippen LogP contribution in [0.4, 0.5) is 0 Å². The number of nitriles is 1. The molecule has 1 aromatic rings. The third kappa shape index (κ3) is 4.19. The Morgan fingerprint density at radius 1 is 1.45 bits per heavy atom. The quantitative estimate of drug-likeness (QED) is 0.731. The SMILES string of the molecule is C=CCC(NS(=O)(=O)c1ccc(CC#N)cc1)C(=O)O. The van der Waals surface area contributed by atoms with Crippen LogP contribution < -0.4 is 4.72 Å². The topological polar surface area (TPSA) is 107 Å². The van der Waals surface area contributed by atoms with Gasteiger partial charge >= 0.3 is 5.97 Å². The number of carboxylic acids is 1. The zero-order valence-corrected chi connectivity index (χ0v) is 11.4. The molecule has 0 saturated heterocycles. The first-order valence-corrected chi connectivity index (χ1v) is 7.21. The fourth-order valence-corrected chi connectivity index (χ4v) is 2.70. The number of aliphatic carboxylic acids is 1. The Kier molecular flexibility index (Phi) is 5.43. The predicted molar refractivity (Wildman–Crippen MR) is 72.3 cm³/mol. The maximum atomic E-state index is 12.0. The molecule has 6 nitrogen and oxygen atoms in total. The van der Waals surface area contributed by atoms with Gasteiger partial charge in [0, 0.05) is 0 Å². The second kappa shape index (κ2) is 6.84. The highest BCUT2D eigenvalue weighted by molar-refractivity contribution is 7.89. The van der Waals surface area contributed by atoms with Crippen LogP contribution in [0, 0.1) is 11.3 Å². The molecule has 0 heterocycles. The summed E-state index contributed by atoms with van der Waals surface area (Å²) in [6.45, 7) is 3.39. The molecule has 0 amide bonds. The van der Waals surface area contributed by atoms with Crippen molar-refractivity contribution in [2.24, 2.45) is 0 Å². The minimum absolute atomic E-state index is 0.0128. The van der Waals surface area contributed by atoms with Crippen molar-refractivity contribution in [2.75, 3.05) is 0 Å². The molecule has 1 rings (SSSR count). The van der Waals surface area contributed by atoms with Gasteiger partial charge in [-0.2, -0.15) is 9.98 Å². The molecule has 2 N–H and O–H groups in total. The molecule has 0 bridgehead atoms. The van der Waals surface area contributed by atoms with Gasteiger partial charge in [-0.25, -0.2) is 8.42 Å². The number of hydrogen-bond acceptors (Lipinski definition) is 4. The molecule has 1 aromatic carbocycles. The lowest BCUT2D eigenvalue weighted by Gasteiger charge is -2.13. The van der Waals surface area contributed by atoms with Gasteiger partial charge in [0.15, 0.2) is 0 Å². The van der Waals surface area contributed by atoms with E-state index in [-0.39, 0.29) is 17.7 Å². The number of carbonyl (C=O) groups is 1. The van der Waals surface area contributed by atoms with Crippen molar-refractivity contribution in [3.8, 4) is 6.07 Å². The molecule has 0 aliphatic heterocycles. The zero-order chi connectivity index (χ0) is 15.2. The number of hydrogen-bond donors (Lipinski definition) is 2. The minimum atomic E-state index is -3.92. The molecule has 7 heteroatoms. The van der Waals surface area contributed by atoms with Gasteiger partial charge in [0.2, 0.25) is 10.0 Å². The van der Waals surface area contributed by atoms with Gasteiger partial charge in [-0.15, -0.1) is 6.58 Å². The van der Waals surface area contributed by atoms with Crippen molar-refractivity contribution < 1.29 is 18.3 Å². The lowest BCUT2D eigenvalue weighted by Crippen LogP contribution is -2.40. The second-order valence-corrected chi connectivity index (χ2v) is 5.73. The summed E-state index contributed by atoms with van der Waals surface area (Å²) in [6, 6.07) is 6.40. The summed E-state index contributed by atoms with van der Waals surface area (Å²) in [5.74, 6) is -1.27. The van der Waals surface area contributed by atoms with E-state index in [9.17, 15) is 13.2 Å². The van der Waals surface area contributed by atoms with Crippen molar-refractivity contribution in [1.82, 2.24) is 4.72 Å². The minimum Gasteiger partial charge on any atom is -0.480 e. The van der Waals surface area contributed by atoms with E-state index in [1.54, 1.807) is 0 Å². The van der Waals surface area contributed by atoms with Crippen LogP contribution in [0.2, 0.25) is 0 Å². The molecule has 0 aromatic heterocycles. The maximum Gasteiger partial charge on any atom is 0.322 e. The lowest BCUT2D eigenvalue weighted by molar-refractivity contribution is -0.138. The first kappa shape index (κ1) is 15.9. The molecule has 20 heavy (non-hydrogen) atoms. The van der Waals surface area contributed by atoms with Crippen LogP contribution in [0.3, 0.4) is 0 Å². The summed E-state index contributed by atoms with van der Waals surface area (Å²) in [6.07, 6.45) is 1.50. The summed E-state index contributed by atoms with van der Waals surface area (Å²) < 4.78 is 26.1. The van der Waals surface area contributed by atoms with Crippen LogP contribution in [0.5, 0.6) is 0 Å². The van der Waals surface area contributed by atoms with Gasteiger partial charge in [0.25, 0.3) is 0 Å². The molecule has 1 atom stereocenters. The van der Waals surface area contributed by atoms with Crippen LogP contribution >= 0.6 is 0 Å². The van der Waals surface area contributed by atoms with Crippen molar-refractivity contribution in [3.05, 3.63) is 42.5 Å². The van der Waals surface area contributed by atoms with Crippen molar-refractivity contribution in [1.29, 1.82) is 5.26 Å². The van der Waals surface area contributed by atoms with Gasteiger partial charge in [-0.1, -0.05) is 18.2 Å². The summed E-state index contributed by atoms with van der Waals surface area (Å²) in [5.41, 5.74) is 0.687. The number of benzene rings is 1. The third-order valence-corrected chi connectivity index (χ3v) is 4.00. The van der Waals surface area contributed by atoms with Crippen LogP contribution in [0.15, 0.2) is 41.8 Å². The monoisotopic (exact) mass is 294 g/mol. The number of carboxylic acid groups (broad SMARTS) is 1. The van der Waals surface area contributed by atoms with Gasteiger partial charge in [-0.05, 0) is 24.1 Å². The number of nitrogens with one attached hydrogen (secondary N) is 1. The van der Waals surface area contributed by atoms with E-state index < -0.39 is 22.0 Å². The maximum absolute atomic E-state index is 12.0. The Hall–Kier alpha value is -2.17. The Morgan fingerprint density at radius 2 is 2.05 bits per heavy atom. The van der Waals surface area contributed by atoms with E-state index in [1.165, 1.54) is 30.3 Å². The van der Waals surface area contributed by atoms with E-state index in [4.69, 9.17) is 10.4 Å². The first-order chi connectivity index (χ1) is 9.40. The molecule has 0 aliphatic carbocycles. The second-order valence-electron chi connectivity index (χ2n) is 4.02. The summed E-state index contributed by atoms with van der Waals surface area (Å²) in [5, 5.41) is 17.5. The van der Waals surface area contributed by atoms with Crippen molar-refractivity contribution in [3.63, 3.8) is 0 Å². The molecule has 0 radical (unpaired) electrons. The fraction of sp³-hybridized carbons (Fsp3) is 0.231. The Labute approximate surface area is 117 Å². The molecular formula is C13H14N2O4S. The van der Waals surface area contributed by atoms with Crippen LogP contribution in [0.25, 0.3) is 0 Å².